The van der Waals surface area contributed by atoms with Crippen LogP contribution in [-0.2, 0) is 0 Å². The van der Waals surface area contributed by atoms with Crippen LogP contribution in [0.5, 0.6) is 0 Å². The summed E-state index contributed by atoms with van der Waals surface area (Å²) in [5.74, 6) is 0.886. The van der Waals surface area contributed by atoms with Crippen LogP contribution in [0, 0.1) is 5.92 Å². The summed E-state index contributed by atoms with van der Waals surface area (Å²) >= 11 is 0. The molecule has 0 heterocycles. The van der Waals surface area contributed by atoms with E-state index < -0.39 is 0 Å². The summed E-state index contributed by atoms with van der Waals surface area (Å²) in [6.07, 6.45) is 16.2. The van der Waals surface area contributed by atoms with E-state index in [0.29, 0.717) is 0 Å². The van der Waals surface area contributed by atoms with Gasteiger partial charge < -0.3 is 0 Å². The maximum Gasteiger partial charge on any atom is 0.00981 e. The lowest BCUT2D eigenvalue weighted by Gasteiger charge is -2.34. The van der Waals surface area contributed by atoms with E-state index in [4.69, 9.17) is 0 Å². The first-order valence-corrected chi connectivity index (χ1v) is 8.53. The number of hydrogen-bond acceptors (Lipinski definition) is 1. The average molecular weight is 251 g/mol. The summed E-state index contributed by atoms with van der Waals surface area (Å²) in [6, 6.07) is 1.90. The lowest BCUT2D eigenvalue weighted by atomic mass is 10.0. The third kappa shape index (κ3) is 4.26. The molecule has 0 aliphatic heterocycles. The molecule has 0 bridgehead atoms. The van der Waals surface area contributed by atoms with E-state index in [1.807, 2.05) is 0 Å². The van der Waals surface area contributed by atoms with Gasteiger partial charge in [-0.05, 0) is 44.6 Å². The summed E-state index contributed by atoms with van der Waals surface area (Å²) in [5.41, 5.74) is 0. The third-order valence-corrected chi connectivity index (χ3v) is 5.04. The molecule has 2 aliphatic carbocycles. The van der Waals surface area contributed by atoms with Gasteiger partial charge in [-0.3, -0.25) is 4.90 Å². The Morgan fingerprint density at radius 2 is 1.33 bits per heavy atom. The van der Waals surface area contributed by atoms with E-state index >= 15 is 0 Å². The van der Waals surface area contributed by atoms with Gasteiger partial charge in [-0.25, -0.2) is 0 Å². The van der Waals surface area contributed by atoms with Crippen LogP contribution in [0.4, 0.5) is 0 Å². The molecule has 0 atom stereocenters. The van der Waals surface area contributed by atoms with Crippen LogP contribution in [0.15, 0.2) is 0 Å². The van der Waals surface area contributed by atoms with Gasteiger partial charge in [0.2, 0.25) is 0 Å². The summed E-state index contributed by atoms with van der Waals surface area (Å²) in [5, 5.41) is 0. The van der Waals surface area contributed by atoms with Crippen LogP contribution in [0.1, 0.15) is 84.5 Å². The molecule has 0 amide bonds. The quantitative estimate of drug-likeness (QED) is 0.576. The van der Waals surface area contributed by atoms with Crippen LogP contribution < -0.4 is 0 Å². The molecule has 0 saturated heterocycles. The zero-order chi connectivity index (χ0) is 12.8. The highest BCUT2D eigenvalue weighted by atomic mass is 15.2. The molecule has 0 N–H and O–H groups in total. The molecule has 2 saturated carbocycles. The summed E-state index contributed by atoms with van der Waals surface area (Å²) in [6.45, 7) is 6.10. The fourth-order valence-electron chi connectivity index (χ4n) is 3.98. The van der Waals surface area contributed by atoms with Crippen molar-refractivity contribution in [2.45, 2.75) is 96.6 Å². The number of hydrogen-bond donors (Lipinski definition) is 0. The maximum absolute atomic E-state index is 2.93. The van der Waals surface area contributed by atoms with Crippen LogP contribution >= 0.6 is 0 Å². The van der Waals surface area contributed by atoms with Gasteiger partial charge in [-0.15, -0.1) is 0 Å². The molecule has 1 heteroatoms. The molecule has 0 spiro atoms. The Morgan fingerprint density at radius 1 is 0.833 bits per heavy atom. The Bertz CT molecular complexity index is 196. The molecule has 2 rings (SSSR count). The predicted molar refractivity (Wildman–Crippen MR) is 79.9 cm³/mol. The number of nitrogens with zero attached hydrogens (tertiary/aromatic N) is 1. The van der Waals surface area contributed by atoms with E-state index in [9.17, 15) is 0 Å². The second kappa shape index (κ2) is 7.53. The predicted octanol–water partition coefficient (Wildman–Crippen LogP) is 5.00. The minimum Gasteiger partial charge on any atom is -0.297 e. The summed E-state index contributed by atoms with van der Waals surface area (Å²) in [7, 11) is 0. The first kappa shape index (κ1) is 14.4. The van der Waals surface area contributed by atoms with Crippen molar-refractivity contribution in [3.05, 3.63) is 0 Å². The van der Waals surface area contributed by atoms with Crippen LogP contribution in [-0.4, -0.2) is 23.5 Å². The molecule has 106 valence electrons. The Labute approximate surface area is 114 Å². The molecule has 2 fully saturated rings. The van der Waals surface area contributed by atoms with Gasteiger partial charge in [-0.2, -0.15) is 0 Å². The first-order chi connectivity index (χ1) is 8.77. The van der Waals surface area contributed by atoms with Crippen molar-refractivity contribution in [3.8, 4) is 0 Å². The molecular weight excluding hydrogens is 218 g/mol. The van der Waals surface area contributed by atoms with Gasteiger partial charge in [-0.1, -0.05) is 52.4 Å². The van der Waals surface area contributed by atoms with E-state index in [0.717, 1.165) is 18.0 Å². The van der Waals surface area contributed by atoms with Crippen LogP contribution in [0.2, 0.25) is 0 Å². The van der Waals surface area contributed by atoms with E-state index in [2.05, 4.69) is 18.7 Å². The van der Waals surface area contributed by atoms with E-state index in [-0.39, 0.29) is 0 Å². The monoisotopic (exact) mass is 251 g/mol. The van der Waals surface area contributed by atoms with Gasteiger partial charge in [0, 0.05) is 12.1 Å². The zero-order valence-electron chi connectivity index (χ0n) is 12.7. The van der Waals surface area contributed by atoms with Crippen molar-refractivity contribution < 1.29 is 0 Å². The second-order valence-electron chi connectivity index (χ2n) is 7.00. The normalized spacial score (nSPS) is 22.7. The van der Waals surface area contributed by atoms with Crippen molar-refractivity contribution in [3.63, 3.8) is 0 Å². The Hall–Kier alpha value is -0.0400. The van der Waals surface area contributed by atoms with Gasteiger partial charge in [0.1, 0.15) is 0 Å². The van der Waals surface area contributed by atoms with Crippen molar-refractivity contribution in [1.82, 2.24) is 4.90 Å². The van der Waals surface area contributed by atoms with Crippen LogP contribution in [0.3, 0.4) is 0 Å². The zero-order valence-corrected chi connectivity index (χ0v) is 12.7. The average Bonchev–Trinajstić information content (AvgIpc) is 3.01. The lowest BCUT2D eigenvalue weighted by molar-refractivity contribution is 0.133. The standard InChI is InChI=1S/C17H33N/c1-15(2)9-7-8-14-18(16-10-3-4-11-16)17-12-5-6-13-17/h15-17H,3-14H2,1-2H3. The van der Waals surface area contributed by atoms with Crippen molar-refractivity contribution in [2.24, 2.45) is 5.92 Å². The summed E-state index contributed by atoms with van der Waals surface area (Å²) < 4.78 is 0. The highest BCUT2D eigenvalue weighted by Gasteiger charge is 2.29. The molecule has 2 aliphatic rings. The first-order valence-electron chi connectivity index (χ1n) is 8.53. The molecule has 0 unspecified atom stereocenters. The molecular formula is C17H33N. The minimum absolute atomic E-state index is 0.886. The van der Waals surface area contributed by atoms with Crippen LogP contribution in [0.25, 0.3) is 0 Å². The van der Waals surface area contributed by atoms with Crippen molar-refractivity contribution in [2.75, 3.05) is 6.54 Å². The molecule has 1 nitrogen and oxygen atoms in total. The maximum atomic E-state index is 2.93. The Morgan fingerprint density at radius 3 is 1.78 bits per heavy atom. The Balaban J connectivity index is 1.76. The molecule has 0 radical (unpaired) electrons. The third-order valence-electron chi connectivity index (χ3n) is 5.04. The Kier molecular flexibility index (Phi) is 6.01. The largest absolute Gasteiger partial charge is 0.297 e. The summed E-state index contributed by atoms with van der Waals surface area (Å²) in [4.78, 5) is 2.93. The lowest BCUT2D eigenvalue weighted by Crippen LogP contribution is -2.41. The van der Waals surface area contributed by atoms with E-state index in [1.165, 1.54) is 77.2 Å². The molecule has 18 heavy (non-hydrogen) atoms. The molecule has 0 aromatic rings. The number of rotatable bonds is 7. The fourth-order valence-corrected chi connectivity index (χ4v) is 3.98. The van der Waals surface area contributed by atoms with Gasteiger partial charge in [0.15, 0.2) is 0 Å². The smallest absolute Gasteiger partial charge is 0.00981 e. The van der Waals surface area contributed by atoms with Crippen molar-refractivity contribution in [1.29, 1.82) is 0 Å². The minimum atomic E-state index is 0.886. The highest BCUT2D eigenvalue weighted by Crippen LogP contribution is 2.31. The number of unbranched alkanes of at least 4 members (excludes halogenated alkanes) is 1. The molecule has 0 aromatic carbocycles. The van der Waals surface area contributed by atoms with Crippen molar-refractivity contribution >= 4 is 0 Å². The SMILES string of the molecule is CC(C)CCCCN(C1CCCC1)C1CCCC1. The van der Waals surface area contributed by atoms with Gasteiger partial charge in [0.25, 0.3) is 0 Å². The second-order valence-corrected chi connectivity index (χ2v) is 7.00. The van der Waals surface area contributed by atoms with Gasteiger partial charge in [0.05, 0.1) is 0 Å². The fraction of sp³-hybridized carbons (Fsp3) is 1.00. The molecule has 0 aromatic heterocycles. The van der Waals surface area contributed by atoms with Gasteiger partial charge >= 0.3 is 0 Å². The highest BCUT2D eigenvalue weighted by molar-refractivity contribution is 4.85. The topological polar surface area (TPSA) is 3.24 Å². The van der Waals surface area contributed by atoms with E-state index in [1.54, 1.807) is 0 Å².